The molecule has 0 saturated carbocycles. The molecule has 0 spiro atoms. The van der Waals surface area contributed by atoms with Gasteiger partial charge in [-0.05, 0) is 37.1 Å². The van der Waals surface area contributed by atoms with Crippen molar-refractivity contribution in [1.82, 2.24) is 4.72 Å². The summed E-state index contributed by atoms with van der Waals surface area (Å²) in [6.45, 7) is 3.64. The second-order valence-corrected chi connectivity index (χ2v) is 6.38. The largest absolute Gasteiger partial charge is 0.392 e. The molecule has 0 radical (unpaired) electrons. The van der Waals surface area contributed by atoms with Gasteiger partial charge in [0.15, 0.2) is 0 Å². The molecule has 0 aliphatic heterocycles. The Bertz CT molecular complexity index is 502. The highest BCUT2D eigenvalue weighted by atomic mass is 35.5. The lowest BCUT2D eigenvalue weighted by Crippen LogP contribution is -2.32. The van der Waals surface area contributed by atoms with Crippen LogP contribution in [0.5, 0.6) is 0 Å². The Morgan fingerprint density at radius 3 is 2.67 bits per heavy atom. The van der Waals surface area contributed by atoms with E-state index < -0.39 is 16.1 Å². The Morgan fingerprint density at radius 1 is 1.44 bits per heavy atom. The number of halogens is 1. The number of hydrogen-bond donors (Lipinski definition) is 2. The van der Waals surface area contributed by atoms with Gasteiger partial charge in [-0.25, -0.2) is 13.1 Å². The first-order valence-corrected chi connectivity index (χ1v) is 7.67. The number of aliphatic hydroxyl groups is 1. The third-order valence-corrected chi connectivity index (χ3v) is 4.38. The van der Waals surface area contributed by atoms with Crippen LogP contribution >= 0.6 is 11.6 Å². The fourth-order valence-electron chi connectivity index (χ4n) is 1.63. The second-order valence-electron chi connectivity index (χ2n) is 4.20. The molecule has 0 aliphatic rings. The molecule has 1 unspecified atom stereocenters. The number of nitrogens with one attached hydrogen (secondary N) is 1. The molecule has 4 nitrogen and oxygen atoms in total. The van der Waals surface area contributed by atoms with Gasteiger partial charge in [-0.2, -0.15) is 0 Å². The van der Waals surface area contributed by atoms with Crippen LogP contribution in [-0.2, 0) is 10.0 Å². The summed E-state index contributed by atoms with van der Waals surface area (Å²) in [6, 6.07) is 4.59. The van der Waals surface area contributed by atoms with Crippen molar-refractivity contribution in [1.29, 1.82) is 0 Å². The average molecular weight is 292 g/mol. The van der Waals surface area contributed by atoms with E-state index in [1.807, 2.05) is 6.92 Å². The molecule has 102 valence electrons. The zero-order chi connectivity index (χ0) is 13.8. The number of sulfonamides is 1. The van der Waals surface area contributed by atoms with Gasteiger partial charge in [0.2, 0.25) is 10.0 Å². The Kier molecular flexibility index (Phi) is 5.59. The summed E-state index contributed by atoms with van der Waals surface area (Å²) in [6.07, 6.45) is 0.725. The number of rotatable bonds is 6. The van der Waals surface area contributed by atoms with Gasteiger partial charge in [-0.3, -0.25) is 0 Å². The van der Waals surface area contributed by atoms with E-state index in [-0.39, 0.29) is 11.4 Å². The van der Waals surface area contributed by atoms with Gasteiger partial charge in [-0.15, -0.1) is 0 Å². The van der Waals surface area contributed by atoms with E-state index in [9.17, 15) is 13.5 Å². The lowest BCUT2D eigenvalue weighted by atomic mass is 10.2. The molecule has 18 heavy (non-hydrogen) atoms. The zero-order valence-corrected chi connectivity index (χ0v) is 12.1. The summed E-state index contributed by atoms with van der Waals surface area (Å²) >= 11 is 5.78. The first kappa shape index (κ1) is 15.4. The molecule has 0 heterocycles. The van der Waals surface area contributed by atoms with E-state index in [0.29, 0.717) is 17.0 Å². The van der Waals surface area contributed by atoms with Crippen molar-refractivity contribution in [3.05, 3.63) is 28.8 Å². The predicted octanol–water partition coefficient (Wildman–Crippen LogP) is 2.09. The lowest BCUT2D eigenvalue weighted by Gasteiger charge is -2.12. The van der Waals surface area contributed by atoms with E-state index >= 15 is 0 Å². The number of benzene rings is 1. The van der Waals surface area contributed by atoms with Crippen molar-refractivity contribution in [3.63, 3.8) is 0 Å². The maximum Gasteiger partial charge on any atom is 0.240 e. The van der Waals surface area contributed by atoms with E-state index in [1.54, 1.807) is 13.0 Å². The summed E-state index contributed by atoms with van der Waals surface area (Å²) in [4.78, 5) is 0.190. The molecular weight excluding hydrogens is 274 g/mol. The third-order valence-electron chi connectivity index (χ3n) is 2.56. The quantitative estimate of drug-likeness (QED) is 0.843. The molecule has 2 N–H and O–H groups in total. The maximum atomic E-state index is 12.0. The Balaban J connectivity index is 2.80. The molecule has 0 amide bonds. The molecule has 1 aromatic carbocycles. The minimum absolute atomic E-state index is 0.0260. The van der Waals surface area contributed by atoms with Crippen LogP contribution in [0.2, 0.25) is 5.02 Å². The number of aliphatic hydroxyl groups excluding tert-OH is 1. The smallest absolute Gasteiger partial charge is 0.240 e. The molecule has 1 atom stereocenters. The van der Waals surface area contributed by atoms with Gasteiger partial charge in [0.05, 0.1) is 11.0 Å². The van der Waals surface area contributed by atoms with E-state index in [1.165, 1.54) is 12.1 Å². The molecule has 1 rings (SSSR count). The van der Waals surface area contributed by atoms with Crippen LogP contribution < -0.4 is 4.72 Å². The van der Waals surface area contributed by atoms with Crippen LogP contribution in [-0.4, -0.2) is 26.2 Å². The Morgan fingerprint density at radius 2 is 2.11 bits per heavy atom. The summed E-state index contributed by atoms with van der Waals surface area (Å²) < 4.78 is 26.4. The first-order valence-electron chi connectivity index (χ1n) is 5.80. The fourth-order valence-corrected chi connectivity index (χ4v) is 3.16. The predicted molar refractivity (Wildman–Crippen MR) is 72.3 cm³/mol. The molecule has 0 aromatic heterocycles. The zero-order valence-electron chi connectivity index (χ0n) is 10.5. The minimum atomic E-state index is -3.59. The second kappa shape index (κ2) is 6.52. The van der Waals surface area contributed by atoms with Crippen molar-refractivity contribution in [3.8, 4) is 0 Å². The summed E-state index contributed by atoms with van der Waals surface area (Å²) in [5, 5.41) is 10.0. The highest BCUT2D eigenvalue weighted by Crippen LogP contribution is 2.19. The monoisotopic (exact) mass is 291 g/mol. The van der Waals surface area contributed by atoms with Crippen molar-refractivity contribution in [2.24, 2.45) is 0 Å². The summed E-state index contributed by atoms with van der Waals surface area (Å²) in [7, 11) is -3.59. The topological polar surface area (TPSA) is 66.4 Å². The highest BCUT2D eigenvalue weighted by Gasteiger charge is 2.17. The third kappa shape index (κ3) is 4.24. The lowest BCUT2D eigenvalue weighted by molar-refractivity contribution is 0.167. The molecular formula is C12H18ClNO3S. The summed E-state index contributed by atoms with van der Waals surface area (Å²) in [5.74, 6) is 0. The molecule has 1 aromatic rings. The van der Waals surface area contributed by atoms with Crippen LogP contribution in [0.25, 0.3) is 0 Å². The van der Waals surface area contributed by atoms with Gasteiger partial charge in [0.1, 0.15) is 0 Å². The first-order chi connectivity index (χ1) is 8.36. The van der Waals surface area contributed by atoms with Crippen LogP contribution in [0.3, 0.4) is 0 Å². The minimum Gasteiger partial charge on any atom is -0.392 e. The van der Waals surface area contributed by atoms with Crippen molar-refractivity contribution in [2.75, 3.05) is 6.54 Å². The van der Waals surface area contributed by atoms with Gasteiger partial charge >= 0.3 is 0 Å². The van der Waals surface area contributed by atoms with E-state index in [4.69, 9.17) is 11.6 Å². The maximum absolute atomic E-state index is 12.0. The van der Waals surface area contributed by atoms with E-state index in [0.717, 1.165) is 6.42 Å². The van der Waals surface area contributed by atoms with Crippen molar-refractivity contribution < 1.29 is 13.5 Å². The van der Waals surface area contributed by atoms with Crippen molar-refractivity contribution in [2.45, 2.75) is 37.7 Å². The van der Waals surface area contributed by atoms with Gasteiger partial charge in [-0.1, -0.05) is 24.9 Å². The van der Waals surface area contributed by atoms with E-state index in [2.05, 4.69) is 4.72 Å². The standard InChI is InChI=1S/C12H18ClNO3S/c1-3-4-11(15)8-14-18(16,17)12-6-5-10(13)7-9(12)2/h5-7,11,14-15H,3-4,8H2,1-2H3. The molecule has 6 heteroatoms. The Hall–Kier alpha value is -0.620. The normalized spacial score (nSPS) is 13.6. The van der Waals surface area contributed by atoms with Gasteiger partial charge in [0.25, 0.3) is 0 Å². The molecule has 0 aliphatic carbocycles. The number of hydrogen-bond acceptors (Lipinski definition) is 3. The van der Waals surface area contributed by atoms with Crippen LogP contribution in [0.15, 0.2) is 23.1 Å². The van der Waals surface area contributed by atoms with Crippen LogP contribution in [0, 0.1) is 6.92 Å². The molecule has 0 fully saturated rings. The molecule has 0 saturated heterocycles. The van der Waals surface area contributed by atoms with Crippen molar-refractivity contribution >= 4 is 21.6 Å². The number of aryl methyl sites for hydroxylation is 1. The van der Waals surface area contributed by atoms with Crippen LogP contribution in [0.1, 0.15) is 25.3 Å². The van der Waals surface area contributed by atoms with Gasteiger partial charge < -0.3 is 5.11 Å². The fraction of sp³-hybridized carbons (Fsp3) is 0.500. The summed E-state index contributed by atoms with van der Waals surface area (Å²) in [5.41, 5.74) is 0.583. The molecule has 0 bridgehead atoms. The average Bonchev–Trinajstić information content (AvgIpc) is 2.26. The SMILES string of the molecule is CCCC(O)CNS(=O)(=O)c1ccc(Cl)cc1C. The van der Waals surface area contributed by atoms with Gasteiger partial charge in [0, 0.05) is 11.6 Å². The van der Waals surface area contributed by atoms with Crippen LogP contribution in [0.4, 0.5) is 0 Å². The highest BCUT2D eigenvalue weighted by molar-refractivity contribution is 7.89. The Labute approximate surface area is 113 Å².